The van der Waals surface area contributed by atoms with Crippen LogP contribution in [0.4, 0.5) is 0 Å². The lowest BCUT2D eigenvalue weighted by Crippen LogP contribution is -2.35. The van der Waals surface area contributed by atoms with Gasteiger partial charge in [0.2, 0.25) is 0 Å². The summed E-state index contributed by atoms with van der Waals surface area (Å²) in [5.74, 6) is 0. The minimum atomic E-state index is -0.117. The van der Waals surface area contributed by atoms with Crippen LogP contribution in [0.3, 0.4) is 0 Å². The molecule has 1 aliphatic heterocycles. The molecule has 0 amide bonds. The van der Waals surface area contributed by atoms with Gasteiger partial charge in [0.15, 0.2) is 0 Å². The Morgan fingerprint density at radius 3 is 2.65 bits per heavy atom. The van der Waals surface area contributed by atoms with Crippen LogP contribution in [0, 0.1) is 0 Å². The molecule has 1 saturated heterocycles. The number of aliphatic hydroxyl groups excluding tert-OH is 1. The summed E-state index contributed by atoms with van der Waals surface area (Å²) in [7, 11) is 0. The lowest BCUT2D eigenvalue weighted by atomic mass is 10.0. The number of rotatable bonds is 6. The summed E-state index contributed by atoms with van der Waals surface area (Å²) in [5.41, 5.74) is 4.92. The molecular formula is C21H26N4O. The van der Waals surface area contributed by atoms with Crippen LogP contribution >= 0.6 is 0 Å². The van der Waals surface area contributed by atoms with Crippen molar-refractivity contribution in [3.8, 4) is 0 Å². The third kappa shape index (κ3) is 3.96. The number of aromatic amines is 1. The highest BCUT2D eigenvalue weighted by Crippen LogP contribution is 2.18. The second-order valence-corrected chi connectivity index (χ2v) is 7.09. The predicted octanol–water partition coefficient (Wildman–Crippen LogP) is 2.81. The summed E-state index contributed by atoms with van der Waals surface area (Å²) >= 11 is 0. The fourth-order valence-corrected chi connectivity index (χ4v) is 3.71. The normalized spacial score (nSPS) is 16.3. The molecule has 0 radical (unpaired) electrons. The molecular weight excluding hydrogens is 324 g/mol. The highest BCUT2D eigenvalue weighted by Gasteiger charge is 2.17. The first-order valence-corrected chi connectivity index (χ1v) is 9.38. The third-order valence-electron chi connectivity index (χ3n) is 5.25. The molecule has 0 atom stereocenters. The Kier molecular flexibility index (Phi) is 5.29. The van der Waals surface area contributed by atoms with E-state index in [0.29, 0.717) is 0 Å². The van der Waals surface area contributed by atoms with Gasteiger partial charge in [0.25, 0.3) is 0 Å². The van der Waals surface area contributed by atoms with Crippen LogP contribution in [0.5, 0.6) is 0 Å². The van der Waals surface area contributed by atoms with E-state index in [1.807, 2.05) is 12.4 Å². The fourth-order valence-electron chi connectivity index (χ4n) is 3.71. The number of benzene rings is 1. The van der Waals surface area contributed by atoms with Crippen molar-refractivity contribution in [2.24, 2.45) is 0 Å². The standard InChI is InChI=1S/C21H26N4O/c26-19-7-11-25(12-8-19)15-18-4-2-1-3-16(18)13-22-14-17-5-9-23-21-20(17)6-10-24-21/h1-6,9-10,19,22,26H,7-8,11-15H2,(H,23,24). The zero-order chi connectivity index (χ0) is 17.8. The molecule has 26 heavy (non-hydrogen) atoms. The average Bonchev–Trinajstić information content (AvgIpc) is 3.15. The van der Waals surface area contributed by atoms with E-state index in [1.54, 1.807) is 0 Å². The van der Waals surface area contributed by atoms with E-state index in [2.05, 4.69) is 56.6 Å². The maximum absolute atomic E-state index is 9.69. The van der Waals surface area contributed by atoms with Crippen LogP contribution in [0.2, 0.25) is 0 Å². The molecule has 0 spiro atoms. The quantitative estimate of drug-likeness (QED) is 0.640. The summed E-state index contributed by atoms with van der Waals surface area (Å²) < 4.78 is 0. The van der Waals surface area contributed by atoms with Gasteiger partial charge in [0.1, 0.15) is 5.65 Å². The molecule has 3 aromatic rings. The Morgan fingerprint density at radius 2 is 1.81 bits per heavy atom. The number of likely N-dealkylation sites (tertiary alicyclic amines) is 1. The van der Waals surface area contributed by atoms with Crippen molar-refractivity contribution in [1.82, 2.24) is 20.2 Å². The van der Waals surface area contributed by atoms with Crippen LogP contribution in [-0.2, 0) is 19.6 Å². The monoisotopic (exact) mass is 350 g/mol. The molecule has 0 bridgehead atoms. The smallest absolute Gasteiger partial charge is 0.137 e. The summed E-state index contributed by atoms with van der Waals surface area (Å²) in [6.45, 7) is 4.58. The molecule has 1 aliphatic rings. The van der Waals surface area contributed by atoms with Gasteiger partial charge in [-0.15, -0.1) is 0 Å². The van der Waals surface area contributed by atoms with Crippen molar-refractivity contribution in [2.75, 3.05) is 13.1 Å². The number of aliphatic hydroxyl groups is 1. The van der Waals surface area contributed by atoms with E-state index in [4.69, 9.17) is 0 Å². The number of aromatic nitrogens is 2. The van der Waals surface area contributed by atoms with Gasteiger partial charge in [0, 0.05) is 50.5 Å². The molecule has 5 nitrogen and oxygen atoms in total. The third-order valence-corrected chi connectivity index (χ3v) is 5.25. The summed E-state index contributed by atoms with van der Waals surface area (Å²) in [6, 6.07) is 12.8. The number of hydrogen-bond acceptors (Lipinski definition) is 4. The molecule has 4 rings (SSSR count). The Hall–Kier alpha value is -2.21. The summed E-state index contributed by atoms with van der Waals surface area (Å²) in [5, 5.41) is 14.5. The van der Waals surface area contributed by atoms with E-state index >= 15 is 0 Å². The molecule has 5 heteroatoms. The van der Waals surface area contributed by atoms with Crippen molar-refractivity contribution in [3.05, 3.63) is 65.5 Å². The Morgan fingerprint density at radius 1 is 1.04 bits per heavy atom. The molecule has 0 aliphatic carbocycles. The van der Waals surface area contributed by atoms with Crippen molar-refractivity contribution >= 4 is 11.0 Å². The number of H-pyrrole nitrogens is 1. The zero-order valence-corrected chi connectivity index (χ0v) is 15.0. The van der Waals surface area contributed by atoms with E-state index in [1.165, 1.54) is 22.1 Å². The SMILES string of the molecule is OC1CCN(Cc2ccccc2CNCc2ccnc3[nH]ccc23)CC1. The van der Waals surface area contributed by atoms with E-state index in [9.17, 15) is 5.11 Å². The van der Waals surface area contributed by atoms with Crippen molar-refractivity contribution in [1.29, 1.82) is 0 Å². The van der Waals surface area contributed by atoms with Gasteiger partial charge >= 0.3 is 0 Å². The lowest BCUT2D eigenvalue weighted by Gasteiger charge is -2.30. The van der Waals surface area contributed by atoms with Gasteiger partial charge in [-0.25, -0.2) is 4.98 Å². The van der Waals surface area contributed by atoms with E-state index < -0.39 is 0 Å². The first kappa shape index (κ1) is 17.2. The minimum absolute atomic E-state index is 0.117. The topological polar surface area (TPSA) is 64.2 Å². The molecule has 3 heterocycles. The van der Waals surface area contributed by atoms with Gasteiger partial charge in [-0.3, -0.25) is 4.90 Å². The van der Waals surface area contributed by atoms with Gasteiger partial charge in [-0.2, -0.15) is 0 Å². The maximum atomic E-state index is 9.69. The van der Waals surface area contributed by atoms with Gasteiger partial charge in [0.05, 0.1) is 6.10 Å². The van der Waals surface area contributed by atoms with Crippen LogP contribution in [0.15, 0.2) is 48.8 Å². The first-order chi connectivity index (χ1) is 12.8. The first-order valence-electron chi connectivity index (χ1n) is 9.38. The van der Waals surface area contributed by atoms with Crippen molar-refractivity contribution in [2.45, 2.75) is 38.6 Å². The number of nitrogens with one attached hydrogen (secondary N) is 2. The van der Waals surface area contributed by atoms with Gasteiger partial charge in [-0.05, 0) is 41.7 Å². The largest absolute Gasteiger partial charge is 0.393 e. The van der Waals surface area contributed by atoms with E-state index in [-0.39, 0.29) is 6.10 Å². The van der Waals surface area contributed by atoms with Crippen molar-refractivity contribution in [3.63, 3.8) is 0 Å². The number of pyridine rings is 1. The predicted molar refractivity (Wildman–Crippen MR) is 104 cm³/mol. The fraction of sp³-hybridized carbons (Fsp3) is 0.381. The van der Waals surface area contributed by atoms with Crippen LogP contribution in [-0.4, -0.2) is 39.2 Å². The highest BCUT2D eigenvalue weighted by molar-refractivity contribution is 5.79. The Balaban J connectivity index is 1.38. The number of nitrogens with zero attached hydrogens (tertiary/aromatic N) is 2. The van der Waals surface area contributed by atoms with E-state index in [0.717, 1.165) is 51.2 Å². The Labute approximate surface area is 154 Å². The number of hydrogen-bond donors (Lipinski definition) is 3. The van der Waals surface area contributed by atoms with Crippen LogP contribution in [0.1, 0.15) is 29.5 Å². The molecule has 0 unspecified atom stereocenters. The summed E-state index contributed by atoms with van der Waals surface area (Å²) in [4.78, 5) is 9.95. The van der Waals surface area contributed by atoms with Crippen molar-refractivity contribution < 1.29 is 5.11 Å². The Bertz CT molecular complexity index is 852. The number of piperidine rings is 1. The lowest BCUT2D eigenvalue weighted by molar-refractivity contribution is 0.0791. The van der Waals surface area contributed by atoms with Gasteiger partial charge < -0.3 is 15.4 Å². The molecule has 3 N–H and O–H groups in total. The highest BCUT2D eigenvalue weighted by atomic mass is 16.3. The second kappa shape index (κ2) is 7.99. The maximum Gasteiger partial charge on any atom is 0.137 e. The number of fused-ring (bicyclic) bond motifs is 1. The minimum Gasteiger partial charge on any atom is -0.393 e. The molecule has 0 saturated carbocycles. The molecule has 1 aromatic carbocycles. The van der Waals surface area contributed by atoms with Crippen LogP contribution in [0.25, 0.3) is 11.0 Å². The second-order valence-electron chi connectivity index (χ2n) is 7.09. The van der Waals surface area contributed by atoms with Gasteiger partial charge in [-0.1, -0.05) is 24.3 Å². The zero-order valence-electron chi connectivity index (χ0n) is 15.0. The molecule has 1 fully saturated rings. The molecule has 2 aromatic heterocycles. The van der Waals surface area contributed by atoms with Crippen LogP contribution < -0.4 is 5.32 Å². The average molecular weight is 350 g/mol. The summed E-state index contributed by atoms with van der Waals surface area (Å²) in [6.07, 6.45) is 5.44. The molecule has 136 valence electrons.